The zero-order valence-corrected chi connectivity index (χ0v) is 17.2. The molecule has 0 aliphatic rings. The van der Waals surface area contributed by atoms with Gasteiger partial charge in [-0.2, -0.15) is 0 Å². The van der Waals surface area contributed by atoms with Crippen molar-refractivity contribution in [3.8, 4) is 0 Å². The van der Waals surface area contributed by atoms with Crippen molar-refractivity contribution in [1.82, 2.24) is 4.90 Å². The first-order chi connectivity index (χ1) is 12.4. The highest BCUT2D eigenvalue weighted by Gasteiger charge is 2.22. The fraction of sp³-hybridized carbons (Fsp3) is 0.550. The SMILES string of the molecule is CC(C)N(C(=O)COC(=O)c1cccc(NC(=O)OC(C)(C)C)c1)C(C)C. The number of hydrogen-bond acceptors (Lipinski definition) is 5. The van der Waals surface area contributed by atoms with Crippen molar-refractivity contribution in [2.24, 2.45) is 0 Å². The van der Waals surface area contributed by atoms with Gasteiger partial charge in [0.05, 0.1) is 5.56 Å². The summed E-state index contributed by atoms with van der Waals surface area (Å²) in [4.78, 5) is 38.0. The lowest BCUT2D eigenvalue weighted by Crippen LogP contribution is -2.44. The molecular formula is C20H30N2O5. The molecule has 0 bridgehead atoms. The Balaban J connectivity index is 2.71. The highest BCUT2D eigenvalue weighted by Crippen LogP contribution is 2.15. The molecule has 0 radical (unpaired) electrons. The second-order valence-corrected chi connectivity index (χ2v) is 7.77. The zero-order chi connectivity index (χ0) is 20.8. The Kier molecular flexibility index (Phi) is 7.82. The van der Waals surface area contributed by atoms with Crippen LogP contribution in [0.3, 0.4) is 0 Å². The van der Waals surface area contributed by atoms with E-state index in [9.17, 15) is 14.4 Å². The van der Waals surface area contributed by atoms with Crippen LogP contribution >= 0.6 is 0 Å². The quantitative estimate of drug-likeness (QED) is 0.760. The smallest absolute Gasteiger partial charge is 0.412 e. The van der Waals surface area contributed by atoms with E-state index in [1.54, 1.807) is 43.9 Å². The predicted octanol–water partition coefficient (Wildman–Crippen LogP) is 3.84. The molecule has 0 aliphatic heterocycles. The fourth-order valence-electron chi connectivity index (χ4n) is 2.60. The van der Waals surface area contributed by atoms with E-state index in [4.69, 9.17) is 9.47 Å². The van der Waals surface area contributed by atoms with Gasteiger partial charge >= 0.3 is 12.1 Å². The Morgan fingerprint density at radius 1 is 1.07 bits per heavy atom. The summed E-state index contributed by atoms with van der Waals surface area (Å²) in [6.07, 6.45) is -0.618. The molecule has 1 aromatic carbocycles. The molecular weight excluding hydrogens is 348 g/mol. The molecule has 27 heavy (non-hydrogen) atoms. The lowest BCUT2D eigenvalue weighted by molar-refractivity contribution is -0.138. The number of rotatable bonds is 6. The molecule has 0 aromatic heterocycles. The Morgan fingerprint density at radius 2 is 1.67 bits per heavy atom. The molecule has 150 valence electrons. The number of nitrogens with zero attached hydrogens (tertiary/aromatic N) is 1. The van der Waals surface area contributed by atoms with Crippen molar-refractivity contribution < 1.29 is 23.9 Å². The van der Waals surface area contributed by atoms with E-state index in [0.29, 0.717) is 5.69 Å². The topological polar surface area (TPSA) is 84.9 Å². The zero-order valence-electron chi connectivity index (χ0n) is 17.2. The third-order valence-corrected chi connectivity index (χ3v) is 3.47. The Labute approximate surface area is 161 Å². The number of carbonyl (C=O) groups is 3. The summed E-state index contributed by atoms with van der Waals surface area (Å²) in [7, 11) is 0. The highest BCUT2D eigenvalue weighted by atomic mass is 16.6. The third kappa shape index (κ3) is 7.68. The van der Waals surface area contributed by atoms with Crippen LogP contribution in [0.5, 0.6) is 0 Å². The Hall–Kier alpha value is -2.57. The lowest BCUT2D eigenvalue weighted by atomic mass is 10.2. The van der Waals surface area contributed by atoms with Gasteiger partial charge in [0.1, 0.15) is 5.60 Å². The first-order valence-electron chi connectivity index (χ1n) is 8.99. The van der Waals surface area contributed by atoms with Crippen molar-refractivity contribution in [1.29, 1.82) is 0 Å². The van der Waals surface area contributed by atoms with E-state index in [0.717, 1.165) is 0 Å². The first-order valence-corrected chi connectivity index (χ1v) is 8.99. The summed E-state index contributed by atoms with van der Waals surface area (Å²) in [5, 5.41) is 2.56. The largest absolute Gasteiger partial charge is 0.452 e. The van der Waals surface area contributed by atoms with E-state index in [2.05, 4.69) is 5.32 Å². The summed E-state index contributed by atoms with van der Waals surface area (Å²) in [5.41, 5.74) is 0.00711. The maximum absolute atomic E-state index is 12.3. The van der Waals surface area contributed by atoms with Crippen LogP contribution in [0.15, 0.2) is 24.3 Å². The van der Waals surface area contributed by atoms with Gasteiger partial charge in [-0.3, -0.25) is 10.1 Å². The van der Waals surface area contributed by atoms with Crippen molar-refractivity contribution in [2.45, 2.75) is 66.2 Å². The van der Waals surface area contributed by atoms with E-state index >= 15 is 0 Å². The molecule has 0 saturated carbocycles. The summed E-state index contributed by atoms with van der Waals surface area (Å²) >= 11 is 0. The van der Waals surface area contributed by atoms with Crippen LogP contribution in [0.2, 0.25) is 0 Å². The summed E-state index contributed by atoms with van der Waals surface area (Å²) in [5.74, 6) is -0.889. The number of anilines is 1. The van der Waals surface area contributed by atoms with E-state index < -0.39 is 17.7 Å². The van der Waals surface area contributed by atoms with Gasteiger partial charge in [0.15, 0.2) is 6.61 Å². The van der Waals surface area contributed by atoms with Gasteiger partial charge in [0, 0.05) is 17.8 Å². The maximum Gasteiger partial charge on any atom is 0.412 e. The number of carbonyl (C=O) groups excluding carboxylic acids is 3. The van der Waals surface area contributed by atoms with Gasteiger partial charge in [-0.05, 0) is 66.7 Å². The van der Waals surface area contributed by atoms with Gasteiger partial charge in [0.2, 0.25) is 0 Å². The van der Waals surface area contributed by atoms with Crippen LogP contribution in [0.4, 0.5) is 10.5 Å². The second-order valence-electron chi connectivity index (χ2n) is 7.77. The summed E-state index contributed by atoms with van der Waals surface area (Å²) in [6.45, 7) is 12.6. The molecule has 0 spiro atoms. The molecule has 1 rings (SSSR count). The van der Waals surface area contributed by atoms with Crippen molar-refractivity contribution in [3.63, 3.8) is 0 Å². The lowest BCUT2D eigenvalue weighted by Gasteiger charge is -2.30. The normalized spacial score (nSPS) is 11.3. The average molecular weight is 378 g/mol. The third-order valence-electron chi connectivity index (χ3n) is 3.47. The molecule has 7 nitrogen and oxygen atoms in total. The molecule has 1 N–H and O–H groups in total. The van der Waals surface area contributed by atoms with Crippen LogP contribution < -0.4 is 5.32 Å². The number of benzene rings is 1. The monoisotopic (exact) mass is 378 g/mol. The standard InChI is InChI=1S/C20H30N2O5/c1-13(2)22(14(3)4)17(23)12-26-18(24)15-9-8-10-16(11-15)21-19(25)27-20(5,6)7/h8-11,13-14H,12H2,1-7H3,(H,21,25). The van der Waals surface area contributed by atoms with Crippen molar-refractivity contribution >= 4 is 23.7 Å². The maximum atomic E-state index is 12.3. The Bertz CT molecular complexity index is 669. The van der Waals surface area contributed by atoms with Gasteiger partial charge < -0.3 is 14.4 Å². The predicted molar refractivity (Wildman–Crippen MR) is 104 cm³/mol. The highest BCUT2D eigenvalue weighted by molar-refractivity contribution is 5.93. The number of ether oxygens (including phenoxy) is 2. The summed E-state index contributed by atoms with van der Waals surface area (Å²) < 4.78 is 10.3. The van der Waals surface area contributed by atoms with Gasteiger partial charge in [-0.1, -0.05) is 6.07 Å². The number of esters is 1. The molecule has 0 aliphatic carbocycles. The number of nitrogens with one attached hydrogen (secondary N) is 1. The minimum absolute atomic E-state index is 0.0116. The molecule has 7 heteroatoms. The van der Waals surface area contributed by atoms with Crippen molar-refractivity contribution in [2.75, 3.05) is 11.9 Å². The fourth-order valence-corrected chi connectivity index (χ4v) is 2.60. The minimum Gasteiger partial charge on any atom is -0.452 e. The first kappa shape index (κ1) is 22.5. The van der Waals surface area contributed by atoms with E-state index in [1.165, 1.54) is 6.07 Å². The molecule has 0 unspecified atom stereocenters. The molecule has 0 atom stereocenters. The molecule has 2 amide bonds. The van der Waals surface area contributed by atoms with Crippen molar-refractivity contribution in [3.05, 3.63) is 29.8 Å². The van der Waals surface area contributed by atoms with Crippen LogP contribution in [-0.4, -0.2) is 47.2 Å². The number of hydrogen-bond donors (Lipinski definition) is 1. The van der Waals surface area contributed by atoms with Gasteiger partial charge in [-0.15, -0.1) is 0 Å². The van der Waals surface area contributed by atoms with Crippen LogP contribution in [0.1, 0.15) is 58.8 Å². The van der Waals surface area contributed by atoms with Gasteiger partial charge in [-0.25, -0.2) is 9.59 Å². The molecule has 0 saturated heterocycles. The number of amides is 2. The average Bonchev–Trinajstić information content (AvgIpc) is 2.50. The molecule has 0 fully saturated rings. The Morgan fingerprint density at radius 3 is 2.19 bits per heavy atom. The molecule has 1 aromatic rings. The van der Waals surface area contributed by atoms with E-state index in [1.807, 2.05) is 27.7 Å². The van der Waals surface area contributed by atoms with Crippen LogP contribution in [0, 0.1) is 0 Å². The second kappa shape index (κ2) is 9.39. The van der Waals surface area contributed by atoms with E-state index in [-0.39, 0.29) is 30.2 Å². The van der Waals surface area contributed by atoms with Gasteiger partial charge in [0.25, 0.3) is 5.91 Å². The molecule has 0 heterocycles. The summed E-state index contributed by atoms with van der Waals surface area (Å²) in [6, 6.07) is 6.29. The minimum atomic E-state index is -0.636. The van der Waals surface area contributed by atoms with Crippen LogP contribution in [0.25, 0.3) is 0 Å². The van der Waals surface area contributed by atoms with Crippen LogP contribution in [-0.2, 0) is 14.3 Å².